The lowest BCUT2D eigenvalue weighted by Gasteiger charge is -2.16. The van der Waals surface area contributed by atoms with Crippen LogP contribution in [-0.2, 0) is 4.79 Å². The Hall–Kier alpha value is -3.42. The van der Waals surface area contributed by atoms with Crippen LogP contribution in [0.4, 0.5) is 11.4 Å². The number of carbonyl (C=O) groups excluding carboxylic acids is 1. The Kier molecular flexibility index (Phi) is 6.05. The minimum absolute atomic E-state index is 0.0265. The van der Waals surface area contributed by atoms with Crippen LogP contribution < -0.4 is 15.8 Å². The topological polar surface area (TPSA) is 120 Å². The Morgan fingerprint density at radius 1 is 1.28 bits per heavy atom. The minimum Gasteiger partial charge on any atom is -0.872 e. The molecule has 1 amide bonds. The van der Waals surface area contributed by atoms with E-state index in [1.807, 2.05) is 37.3 Å². The molecule has 8 heteroatoms. The van der Waals surface area contributed by atoms with Crippen LogP contribution in [0.5, 0.6) is 5.75 Å². The molecule has 2 rings (SSSR count). The van der Waals surface area contributed by atoms with Gasteiger partial charge in [0.2, 0.25) is 0 Å². The number of hydrogen-bond acceptors (Lipinski definition) is 6. The molecule has 0 fully saturated rings. The van der Waals surface area contributed by atoms with Crippen LogP contribution in [0, 0.1) is 10.1 Å². The van der Waals surface area contributed by atoms with Gasteiger partial charge in [-0.05, 0) is 24.1 Å². The van der Waals surface area contributed by atoms with E-state index in [1.165, 1.54) is 0 Å². The molecule has 2 aromatic carbocycles. The monoisotopic (exact) mass is 341 g/mol. The van der Waals surface area contributed by atoms with Crippen LogP contribution in [0.25, 0.3) is 0 Å². The summed E-state index contributed by atoms with van der Waals surface area (Å²) in [7, 11) is 0. The number of anilines is 1. The molecule has 25 heavy (non-hydrogen) atoms. The number of para-hydroxylation sites is 1. The van der Waals surface area contributed by atoms with Gasteiger partial charge >= 0.3 is 0 Å². The maximum absolute atomic E-state index is 12.2. The summed E-state index contributed by atoms with van der Waals surface area (Å²) in [5.74, 6) is -0.793. The van der Waals surface area contributed by atoms with E-state index in [0.717, 1.165) is 30.1 Å². The van der Waals surface area contributed by atoms with E-state index in [1.54, 1.807) is 0 Å². The van der Waals surface area contributed by atoms with Crippen molar-refractivity contribution in [3.63, 3.8) is 0 Å². The SMILES string of the molecule is CC[C@@H](Nc1ccccc1)C(=O)N/N=C\c1cc([N+](=O)[O-])ccc1[O-]. The minimum atomic E-state index is -0.605. The molecular formula is C17H17N4O4-. The fraction of sp³-hybridized carbons (Fsp3) is 0.176. The highest BCUT2D eigenvalue weighted by Crippen LogP contribution is 2.19. The first kappa shape index (κ1) is 17.9. The van der Waals surface area contributed by atoms with Gasteiger partial charge < -0.3 is 10.4 Å². The molecule has 1 atom stereocenters. The van der Waals surface area contributed by atoms with Crippen LogP contribution in [0.15, 0.2) is 53.6 Å². The Labute approximate surface area is 144 Å². The van der Waals surface area contributed by atoms with Crippen molar-refractivity contribution in [3.05, 3.63) is 64.2 Å². The zero-order valence-electron chi connectivity index (χ0n) is 13.5. The number of nitro groups is 1. The Morgan fingerprint density at radius 3 is 2.64 bits per heavy atom. The van der Waals surface area contributed by atoms with E-state index in [2.05, 4.69) is 15.8 Å². The number of benzene rings is 2. The quantitative estimate of drug-likeness (QED) is 0.453. The van der Waals surface area contributed by atoms with Crippen molar-refractivity contribution in [3.8, 4) is 5.75 Å². The zero-order chi connectivity index (χ0) is 18.2. The highest BCUT2D eigenvalue weighted by Gasteiger charge is 2.15. The predicted octanol–water partition coefficient (Wildman–Crippen LogP) is 2.01. The molecule has 0 bridgehead atoms. The van der Waals surface area contributed by atoms with Gasteiger partial charge in [0, 0.05) is 17.8 Å². The normalized spacial score (nSPS) is 11.9. The van der Waals surface area contributed by atoms with Crippen molar-refractivity contribution in [2.45, 2.75) is 19.4 Å². The summed E-state index contributed by atoms with van der Waals surface area (Å²) in [6, 6.07) is 12.1. The Morgan fingerprint density at radius 2 is 2.00 bits per heavy atom. The lowest BCUT2D eigenvalue weighted by Crippen LogP contribution is -2.36. The molecule has 0 aliphatic carbocycles. The molecule has 0 aliphatic rings. The average Bonchev–Trinajstić information content (AvgIpc) is 2.61. The second-order valence-corrected chi connectivity index (χ2v) is 5.18. The van der Waals surface area contributed by atoms with Crippen molar-refractivity contribution < 1.29 is 14.8 Å². The number of nitrogens with zero attached hydrogens (tertiary/aromatic N) is 2. The second kappa shape index (κ2) is 8.44. The summed E-state index contributed by atoms with van der Waals surface area (Å²) in [6.07, 6.45) is 1.63. The summed E-state index contributed by atoms with van der Waals surface area (Å²) >= 11 is 0. The smallest absolute Gasteiger partial charge is 0.270 e. The Balaban J connectivity index is 2.01. The molecule has 0 heterocycles. The molecule has 0 saturated carbocycles. The van der Waals surface area contributed by atoms with Crippen molar-refractivity contribution >= 4 is 23.5 Å². The molecule has 0 aliphatic heterocycles. The molecule has 0 radical (unpaired) electrons. The zero-order valence-corrected chi connectivity index (χ0v) is 13.5. The van der Waals surface area contributed by atoms with E-state index >= 15 is 0 Å². The van der Waals surface area contributed by atoms with Crippen molar-refractivity contribution in [1.29, 1.82) is 0 Å². The third kappa shape index (κ3) is 5.03. The van der Waals surface area contributed by atoms with Crippen LogP contribution in [0.1, 0.15) is 18.9 Å². The molecule has 130 valence electrons. The molecule has 0 saturated heterocycles. The number of non-ortho nitro benzene ring substituents is 1. The number of hydrazone groups is 1. The largest absolute Gasteiger partial charge is 0.872 e. The molecule has 0 unspecified atom stereocenters. The number of nitro benzene ring substituents is 1. The fourth-order valence-electron chi connectivity index (χ4n) is 2.08. The molecule has 2 aromatic rings. The fourth-order valence-corrected chi connectivity index (χ4v) is 2.08. The van der Waals surface area contributed by atoms with Gasteiger partial charge in [-0.15, -0.1) is 0 Å². The van der Waals surface area contributed by atoms with Gasteiger partial charge in [-0.3, -0.25) is 14.9 Å². The van der Waals surface area contributed by atoms with E-state index in [9.17, 15) is 20.0 Å². The lowest BCUT2D eigenvalue weighted by molar-refractivity contribution is -0.385. The van der Waals surface area contributed by atoms with Crippen LogP contribution in [0.3, 0.4) is 0 Å². The second-order valence-electron chi connectivity index (χ2n) is 5.18. The van der Waals surface area contributed by atoms with Gasteiger partial charge in [-0.25, -0.2) is 5.43 Å². The van der Waals surface area contributed by atoms with Gasteiger partial charge in [0.1, 0.15) is 6.04 Å². The van der Waals surface area contributed by atoms with E-state index in [-0.39, 0.29) is 17.2 Å². The van der Waals surface area contributed by atoms with E-state index in [4.69, 9.17) is 0 Å². The first-order chi connectivity index (χ1) is 12.0. The van der Waals surface area contributed by atoms with Gasteiger partial charge in [0.25, 0.3) is 11.6 Å². The maximum atomic E-state index is 12.2. The molecule has 0 spiro atoms. The summed E-state index contributed by atoms with van der Waals surface area (Å²) in [4.78, 5) is 22.3. The molecule has 2 N–H and O–H groups in total. The Bertz CT molecular complexity index is 777. The van der Waals surface area contributed by atoms with Crippen molar-refractivity contribution in [2.24, 2.45) is 5.10 Å². The van der Waals surface area contributed by atoms with Gasteiger partial charge in [-0.2, -0.15) is 5.10 Å². The van der Waals surface area contributed by atoms with Crippen LogP contribution in [0.2, 0.25) is 0 Å². The highest BCUT2D eigenvalue weighted by molar-refractivity contribution is 5.88. The first-order valence-corrected chi connectivity index (χ1v) is 7.61. The third-order valence-electron chi connectivity index (χ3n) is 3.42. The number of nitrogens with one attached hydrogen (secondary N) is 2. The highest BCUT2D eigenvalue weighted by atomic mass is 16.6. The third-order valence-corrected chi connectivity index (χ3v) is 3.42. The lowest BCUT2D eigenvalue weighted by atomic mass is 10.2. The van der Waals surface area contributed by atoms with Gasteiger partial charge in [-0.1, -0.05) is 36.9 Å². The van der Waals surface area contributed by atoms with E-state index in [0.29, 0.717) is 6.42 Å². The first-order valence-electron chi connectivity index (χ1n) is 7.61. The summed E-state index contributed by atoms with van der Waals surface area (Å²) in [5, 5.41) is 29.2. The molecule has 0 aromatic heterocycles. The number of amides is 1. The van der Waals surface area contributed by atoms with Crippen molar-refractivity contribution in [2.75, 3.05) is 5.32 Å². The summed E-state index contributed by atoms with van der Waals surface area (Å²) in [6.45, 7) is 1.85. The summed E-state index contributed by atoms with van der Waals surface area (Å²) in [5.41, 5.74) is 2.95. The molecule has 8 nitrogen and oxygen atoms in total. The van der Waals surface area contributed by atoms with Gasteiger partial charge in [0.05, 0.1) is 11.1 Å². The predicted molar refractivity (Wildman–Crippen MR) is 92.4 cm³/mol. The molecular weight excluding hydrogens is 324 g/mol. The summed E-state index contributed by atoms with van der Waals surface area (Å²) < 4.78 is 0. The van der Waals surface area contributed by atoms with E-state index < -0.39 is 16.7 Å². The number of rotatable bonds is 7. The standard InChI is InChI=1S/C17H18N4O4/c1-2-15(19-13-6-4-3-5-7-13)17(23)20-18-11-12-10-14(21(24)25)8-9-16(12)22/h3-11,15,19,22H,2H2,1H3,(H,20,23)/p-1/b18-11-/t15-/m1/s1. The maximum Gasteiger partial charge on any atom is 0.270 e. The van der Waals surface area contributed by atoms with Crippen molar-refractivity contribution in [1.82, 2.24) is 5.43 Å². The number of carbonyl (C=O) groups is 1. The number of hydrogen-bond donors (Lipinski definition) is 2. The van der Waals surface area contributed by atoms with Gasteiger partial charge in [0.15, 0.2) is 0 Å². The average molecular weight is 341 g/mol. The van der Waals surface area contributed by atoms with Crippen LogP contribution >= 0.6 is 0 Å². The van der Waals surface area contributed by atoms with Crippen LogP contribution in [-0.4, -0.2) is 23.1 Å².